The molecule has 1 saturated carbocycles. The summed E-state index contributed by atoms with van der Waals surface area (Å²) in [5.74, 6) is 0.687. The van der Waals surface area contributed by atoms with E-state index in [9.17, 15) is 4.79 Å². The van der Waals surface area contributed by atoms with Gasteiger partial charge >= 0.3 is 0 Å². The maximum Gasteiger partial charge on any atom is 0.226 e. The van der Waals surface area contributed by atoms with Gasteiger partial charge in [-0.1, -0.05) is 19.3 Å². The molecular formula is C16H28N2O. The molecule has 0 aromatic heterocycles. The van der Waals surface area contributed by atoms with E-state index < -0.39 is 0 Å². The second-order valence-electron chi connectivity index (χ2n) is 6.93. The lowest BCUT2D eigenvalue weighted by Crippen LogP contribution is -2.48. The average Bonchev–Trinajstić information content (AvgIpc) is 2.49. The Balaban J connectivity index is 1.52. The molecule has 0 aromatic carbocycles. The van der Waals surface area contributed by atoms with E-state index in [4.69, 9.17) is 0 Å². The fraction of sp³-hybridized carbons (Fsp3) is 0.938. The molecule has 3 aliphatic rings. The van der Waals surface area contributed by atoms with E-state index in [-0.39, 0.29) is 5.92 Å². The molecule has 3 nitrogen and oxygen atoms in total. The van der Waals surface area contributed by atoms with Crippen molar-refractivity contribution >= 4 is 5.91 Å². The topological polar surface area (TPSA) is 32.3 Å². The van der Waals surface area contributed by atoms with Crippen molar-refractivity contribution in [1.82, 2.24) is 10.2 Å². The third kappa shape index (κ3) is 2.96. The summed E-state index contributed by atoms with van der Waals surface area (Å²) in [6.45, 7) is 4.04. The normalized spacial score (nSPS) is 31.4. The quantitative estimate of drug-likeness (QED) is 0.789. The second kappa shape index (κ2) is 5.82. The summed E-state index contributed by atoms with van der Waals surface area (Å²) < 4.78 is 0. The average molecular weight is 264 g/mol. The fourth-order valence-electron chi connectivity index (χ4n) is 4.32. The third-order valence-corrected chi connectivity index (χ3v) is 5.70. The molecule has 1 N–H and O–H groups in total. The zero-order valence-electron chi connectivity index (χ0n) is 12.1. The molecule has 1 amide bonds. The zero-order valence-corrected chi connectivity index (χ0v) is 12.1. The van der Waals surface area contributed by atoms with Gasteiger partial charge in [0.25, 0.3) is 0 Å². The number of hydrogen-bond donors (Lipinski definition) is 1. The van der Waals surface area contributed by atoms with Gasteiger partial charge in [0, 0.05) is 19.6 Å². The molecular weight excluding hydrogens is 236 g/mol. The Morgan fingerprint density at radius 3 is 2.37 bits per heavy atom. The van der Waals surface area contributed by atoms with Crippen LogP contribution in [-0.4, -0.2) is 37.0 Å². The van der Waals surface area contributed by atoms with Gasteiger partial charge in [0.1, 0.15) is 0 Å². The molecule has 0 aromatic rings. The Hall–Kier alpha value is -0.570. The van der Waals surface area contributed by atoms with Gasteiger partial charge in [-0.3, -0.25) is 4.79 Å². The largest absolute Gasteiger partial charge is 0.342 e. The van der Waals surface area contributed by atoms with Crippen LogP contribution in [-0.2, 0) is 4.79 Å². The van der Waals surface area contributed by atoms with Crippen LogP contribution in [0.3, 0.4) is 0 Å². The summed E-state index contributed by atoms with van der Waals surface area (Å²) in [5, 5.41) is 3.36. The first kappa shape index (κ1) is 13.4. The molecule has 19 heavy (non-hydrogen) atoms. The first-order chi connectivity index (χ1) is 9.29. The van der Waals surface area contributed by atoms with Crippen LogP contribution < -0.4 is 5.32 Å². The van der Waals surface area contributed by atoms with Gasteiger partial charge < -0.3 is 10.2 Å². The summed E-state index contributed by atoms with van der Waals surface area (Å²) in [7, 11) is 0. The Labute approximate surface area is 117 Å². The van der Waals surface area contributed by atoms with Crippen molar-refractivity contribution in [2.45, 2.75) is 57.8 Å². The van der Waals surface area contributed by atoms with E-state index in [0.717, 1.165) is 39.0 Å². The summed E-state index contributed by atoms with van der Waals surface area (Å²) in [6, 6.07) is 0. The van der Waals surface area contributed by atoms with E-state index in [1.54, 1.807) is 0 Å². The Kier molecular flexibility index (Phi) is 4.11. The molecule has 2 aliphatic heterocycles. The van der Waals surface area contributed by atoms with Crippen molar-refractivity contribution < 1.29 is 4.79 Å². The molecule has 1 atom stereocenters. The van der Waals surface area contributed by atoms with E-state index >= 15 is 0 Å². The van der Waals surface area contributed by atoms with Crippen molar-refractivity contribution in [1.29, 1.82) is 0 Å². The number of piperidine rings is 2. The van der Waals surface area contributed by atoms with Gasteiger partial charge in [0.15, 0.2) is 0 Å². The van der Waals surface area contributed by atoms with Crippen LogP contribution in [0.15, 0.2) is 0 Å². The molecule has 3 fully saturated rings. The van der Waals surface area contributed by atoms with Gasteiger partial charge in [-0.2, -0.15) is 0 Å². The number of nitrogens with zero attached hydrogens (tertiary/aromatic N) is 1. The smallest absolute Gasteiger partial charge is 0.226 e. The minimum Gasteiger partial charge on any atom is -0.342 e. The molecule has 0 unspecified atom stereocenters. The van der Waals surface area contributed by atoms with Crippen LogP contribution in [0, 0.1) is 11.3 Å². The van der Waals surface area contributed by atoms with Crippen LogP contribution >= 0.6 is 0 Å². The van der Waals surface area contributed by atoms with Crippen LogP contribution in [0.2, 0.25) is 0 Å². The predicted octanol–water partition coefficient (Wildman–Crippen LogP) is 2.56. The van der Waals surface area contributed by atoms with Crippen LogP contribution in [0.5, 0.6) is 0 Å². The summed E-state index contributed by atoms with van der Waals surface area (Å²) in [4.78, 5) is 14.7. The second-order valence-corrected chi connectivity index (χ2v) is 6.93. The Morgan fingerprint density at radius 2 is 1.74 bits per heavy atom. The summed E-state index contributed by atoms with van der Waals surface area (Å²) in [6.07, 6.45) is 11.9. The lowest BCUT2D eigenvalue weighted by molar-refractivity contribution is -0.138. The number of rotatable bonds is 1. The van der Waals surface area contributed by atoms with E-state index in [1.165, 1.54) is 44.9 Å². The number of nitrogens with one attached hydrogen (secondary N) is 1. The summed E-state index contributed by atoms with van der Waals surface area (Å²) >= 11 is 0. The van der Waals surface area contributed by atoms with Crippen molar-refractivity contribution in [2.75, 3.05) is 26.2 Å². The van der Waals surface area contributed by atoms with E-state index in [1.807, 2.05) is 0 Å². The Bertz CT molecular complexity index is 307. The molecule has 0 bridgehead atoms. The highest BCUT2D eigenvalue weighted by molar-refractivity contribution is 5.79. The first-order valence-corrected chi connectivity index (χ1v) is 8.29. The molecule has 3 rings (SSSR count). The Morgan fingerprint density at radius 1 is 1.00 bits per heavy atom. The van der Waals surface area contributed by atoms with Crippen LogP contribution in [0.25, 0.3) is 0 Å². The first-order valence-electron chi connectivity index (χ1n) is 8.29. The maximum atomic E-state index is 12.5. The van der Waals surface area contributed by atoms with Gasteiger partial charge in [-0.25, -0.2) is 0 Å². The lowest BCUT2D eigenvalue weighted by Gasteiger charge is -2.45. The van der Waals surface area contributed by atoms with Gasteiger partial charge in [0.05, 0.1) is 5.92 Å². The van der Waals surface area contributed by atoms with Gasteiger partial charge in [-0.15, -0.1) is 0 Å². The summed E-state index contributed by atoms with van der Waals surface area (Å²) in [5.41, 5.74) is 0.611. The SMILES string of the molecule is O=C([C@H]1CCCNC1)N1CCC2(CCCCC2)CC1. The monoisotopic (exact) mass is 264 g/mol. The molecule has 1 aliphatic carbocycles. The van der Waals surface area contributed by atoms with E-state index in [2.05, 4.69) is 10.2 Å². The van der Waals surface area contributed by atoms with Crippen molar-refractivity contribution in [3.05, 3.63) is 0 Å². The highest BCUT2D eigenvalue weighted by Crippen LogP contribution is 2.44. The standard InChI is InChI=1S/C16H28N2O/c19-15(14-5-4-10-17-13-14)18-11-8-16(9-12-18)6-2-1-3-7-16/h14,17H,1-13H2/t14-/m0/s1. The number of amides is 1. The fourth-order valence-corrected chi connectivity index (χ4v) is 4.32. The molecule has 3 heteroatoms. The third-order valence-electron chi connectivity index (χ3n) is 5.70. The van der Waals surface area contributed by atoms with Gasteiger partial charge in [0.2, 0.25) is 5.91 Å². The van der Waals surface area contributed by atoms with Gasteiger partial charge in [-0.05, 0) is 50.5 Å². The van der Waals surface area contributed by atoms with E-state index in [0.29, 0.717) is 11.3 Å². The number of carbonyl (C=O) groups is 1. The highest BCUT2D eigenvalue weighted by atomic mass is 16.2. The zero-order chi connectivity index (χ0) is 13.1. The minimum atomic E-state index is 0.258. The lowest BCUT2D eigenvalue weighted by atomic mass is 9.68. The molecule has 0 radical (unpaired) electrons. The van der Waals surface area contributed by atoms with Crippen molar-refractivity contribution in [3.8, 4) is 0 Å². The highest BCUT2D eigenvalue weighted by Gasteiger charge is 2.37. The van der Waals surface area contributed by atoms with Crippen LogP contribution in [0.1, 0.15) is 57.8 Å². The van der Waals surface area contributed by atoms with Crippen molar-refractivity contribution in [2.24, 2.45) is 11.3 Å². The number of likely N-dealkylation sites (tertiary alicyclic amines) is 1. The molecule has 2 heterocycles. The van der Waals surface area contributed by atoms with Crippen molar-refractivity contribution in [3.63, 3.8) is 0 Å². The minimum absolute atomic E-state index is 0.258. The number of hydrogen-bond acceptors (Lipinski definition) is 2. The van der Waals surface area contributed by atoms with Crippen LogP contribution in [0.4, 0.5) is 0 Å². The number of carbonyl (C=O) groups excluding carboxylic acids is 1. The maximum absolute atomic E-state index is 12.5. The molecule has 2 saturated heterocycles. The predicted molar refractivity (Wildman–Crippen MR) is 76.9 cm³/mol. The molecule has 108 valence electrons. The molecule has 1 spiro atoms.